The summed E-state index contributed by atoms with van der Waals surface area (Å²) in [4.78, 5) is 31.3. The van der Waals surface area contributed by atoms with E-state index in [4.69, 9.17) is 21.2 Å². The molecule has 3 aromatic rings. The predicted octanol–water partition coefficient (Wildman–Crippen LogP) is 4.78. The molecule has 1 amide bonds. The van der Waals surface area contributed by atoms with Crippen molar-refractivity contribution in [2.45, 2.75) is 12.5 Å². The van der Waals surface area contributed by atoms with E-state index in [1.165, 1.54) is 18.5 Å². The molecule has 0 saturated carbocycles. The van der Waals surface area contributed by atoms with Crippen molar-refractivity contribution in [2.24, 2.45) is 0 Å². The maximum absolute atomic E-state index is 14.7. The molecule has 2 fully saturated rings. The molecule has 40 heavy (non-hydrogen) atoms. The van der Waals surface area contributed by atoms with Gasteiger partial charge in [-0.3, -0.25) is 9.63 Å². The van der Waals surface area contributed by atoms with E-state index in [9.17, 15) is 9.18 Å². The van der Waals surface area contributed by atoms with Crippen LogP contribution in [0.4, 0.5) is 33.1 Å². The Morgan fingerprint density at radius 3 is 2.70 bits per heavy atom. The number of carbonyl (C=O) groups excluding carboxylic acids is 1. The van der Waals surface area contributed by atoms with E-state index in [0.717, 1.165) is 31.9 Å². The summed E-state index contributed by atoms with van der Waals surface area (Å²) in [6.45, 7) is 7.42. The lowest BCUT2D eigenvalue weighted by atomic mass is 10.0. The van der Waals surface area contributed by atoms with E-state index in [1.54, 1.807) is 30.4 Å². The summed E-state index contributed by atoms with van der Waals surface area (Å²) in [5, 5.41) is 8.11. The zero-order valence-electron chi connectivity index (χ0n) is 22.4. The number of anilines is 5. The Balaban J connectivity index is 1.44. The summed E-state index contributed by atoms with van der Waals surface area (Å²) in [6.07, 6.45) is 3.22. The maximum atomic E-state index is 14.7. The average Bonchev–Trinajstić information content (AvgIpc) is 3.43. The molecule has 2 N–H and O–H groups in total. The third kappa shape index (κ3) is 5.96. The zero-order valence-corrected chi connectivity index (χ0v) is 23.1. The van der Waals surface area contributed by atoms with E-state index in [0.29, 0.717) is 52.4 Å². The largest absolute Gasteiger partial charge is 0.494 e. The van der Waals surface area contributed by atoms with Gasteiger partial charge in [-0.15, -0.1) is 0 Å². The molecule has 2 aromatic carbocycles. The number of aromatic nitrogens is 2. The van der Waals surface area contributed by atoms with Gasteiger partial charge in [0.25, 0.3) is 0 Å². The number of amides is 1. The average molecular weight is 568 g/mol. The van der Waals surface area contributed by atoms with Crippen molar-refractivity contribution in [3.05, 3.63) is 71.8 Å². The first-order valence-electron chi connectivity index (χ1n) is 12.9. The fraction of sp³-hybridized carbons (Fsp3) is 0.321. The van der Waals surface area contributed by atoms with Crippen LogP contribution < -0.4 is 25.3 Å². The van der Waals surface area contributed by atoms with Gasteiger partial charge >= 0.3 is 0 Å². The third-order valence-corrected chi connectivity index (χ3v) is 7.21. The van der Waals surface area contributed by atoms with Crippen molar-refractivity contribution < 1.29 is 18.8 Å². The summed E-state index contributed by atoms with van der Waals surface area (Å²) in [5.41, 5.74) is 2.53. The highest BCUT2D eigenvalue weighted by molar-refractivity contribution is 6.30. The normalized spacial score (nSPS) is 17.6. The Morgan fingerprint density at radius 1 is 1.18 bits per heavy atom. The summed E-state index contributed by atoms with van der Waals surface area (Å²) in [7, 11) is 3.67. The van der Waals surface area contributed by atoms with Crippen LogP contribution in [0, 0.1) is 5.82 Å². The Bertz CT molecular complexity index is 1400. The van der Waals surface area contributed by atoms with Crippen LogP contribution in [-0.2, 0) is 9.63 Å². The van der Waals surface area contributed by atoms with E-state index < -0.39 is 5.82 Å². The molecule has 2 saturated heterocycles. The monoisotopic (exact) mass is 567 g/mol. The predicted molar refractivity (Wildman–Crippen MR) is 154 cm³/mol. The summed E-state index contributed by atoms with van der Waals surface area (Å²) >= 11 is 5.95. The highest BCUT2D eigenvalue weighted by Crippen LogP contribution is 2.40. The molecule has 10 nitrogen and oxygen atoms in total. The van der Waals surface area contributed by atoms with Gasteiger partial charge in [0.15, 0.2) is 5.82 Å². The van der Waals surface area contributed by atoms with Crippen LogP contribution in [0.3, 0.4) is 0 Å². The minimum absolute atomic E-state index is 0.317. The van der Waals surface area contributed by atoms with Crippen molar-refractivity contribution in [3.8, 4) is 5.75 Å². The molecule has 5 rings (SSSR count). The van der Waals surface area contributed by atoms with Gasteiger partial charge in [-0.2, -0.15) is 0 Å². The first-order chi connectivity index (χ1) is 19.4. The minimum atomic E-state index is -0.403. The first-order valence-corrected chi connectivity index (χ1v) is 13.3. The van der Waals surface area contributed by atoms with Crippen molar-refractivity contribution in [3.63, 3.8) is 0 Å². The lowest BCUT2D eigenvalue weighted by molar-refractivity contribution is -0.111. The number of rotatable bonds is 8. The summed E-state index contributed by atoms with van der Waals surface area (Å²) in [6, 6.07) is 9.66. The molecule has 12 heteroatoms. The van der Waals surface area contributed by atoms with Crippen LogP contribution in [0.2, 0.25) is 5.02 Å². The minimum Gasteiger partial charge on any atom is -0.494 e. The number of methoxy groups -OCH3 is 1. The van der Waals surface area contributed by atoms with Crippen LogP contribution in [0.25, 0.3) is 0 Å². The molecule has 1 aromatic heterocycles. The van der Waals surface area contributed by atoms with Gasteiger partial charge in [0, 0.05) is 55.3 Å². The highest BCUT2D eigenvalue weighted by Gasteiger charge is 2.31. The van der Waals surface area contributed by atoms with Crippen molar-refractivity contribution in [1.82, 2.24) is 14.9 Å². The fourth-order valence-electron chi connectivity index (χ4n) is 4.85. The number of ether oxygens (including phenoxy) is 1. The molecule has 0 bridgehead atoms. The van der Waals surface area contributed by atoms with Crippen LogP contribution in [0.5, 0.6) is 5.75 Å². The first kappa shape index (κ1) is 27.6. The Morgan fingerprint density at radius 2 is 1.98 bits per heavy atom. The van der Waals surface area contributed by atoms with Gasteiger partial charge in [0.1, 0.15) is 23.7 Å². The van der Waals surface area contributed by atoms with Crippen LogP contribution >= 0.6 is 11.6 Å². The van der Waals surface area contributed by atoms with Crippen LogP contribution in [0.15, 0.2) is 55.4 Å². The summed E-state index contributed by atoms with van der Waals surface area (Å²) < 4.78 is 20.4. The molecule has 0 radical (unpaired) electrons. The van der Waals surface area contributed by atoms with Crippen LogP contribution in [0.1, 0.15) is 18.0 Å². The Kier molecular flexibility index (Phi) is 8.34. The van der Waals surface area contributed by atoms with E-state index in [2.05, 4.69) is 44.0 Å². The molecule has 1 unspecified atom stereocenters. The van der Waals surface area contributed by atoms with Crippen LogP contribution in [-0.4, -0.2) is 67.7 Å². The van der Waals surface area contributed by atoms with Gasteiger partial charge < -0.3 is 25.2 Å². The third-order valence-electron chi connectivity index (χ3n) is 6.97. The zero-order chi connectivity index (χ0) is 28.2. The number of nitrogens with one attached hydrogen (secondary N) is 2. The number of hydrogen-bond donors (Lipinski definition) is 2. The number of hydrogen-bond acceptors (Lipinski definition) is 9. The summed E-state index contributed by atoms with van der Waals surface area (Å²) in [5.74, 6) is 0.774. The lowest BCUT2D eigenvalue weighted by Crippen LogP contribution is -2.44. The molecule has 0 aliphatic carbocycles. The molecule has 0 spiro atoms. The fourth-order valence-corrected chi connectivity index (χ4v) is 5.01. The second-order valence-electron chi connectivity index (χ2n) is 9.57. The Hall–Kier alpha value is -3.93. The lowest BCUT2D eigenvalue weighted by Gasteiger charge is -2.35. The van der Waals surface area contributed by atoms with E-state index >= 15 is 0 Å². The standard InChI is InChI=1S/C28H31ClFN7O3/c1-4-28(38)34-21-14-22(25(39-3)15-24(21)36-10-8-35(2)9-11-36)33-26-16-27(32-17-31-26)37-23(7-12-40-37)19-6-5-18(29)13-20(19)30/h4-6,13-17,23H,1,7-12H2,2-3H3,(H,34,38)(H,31,32,33). The number of halogens is 2. The molecule has 1 atom stereocenters. The topological polar surface area (TPSA) is 95.1 Å². The molecule has 2 aliphatic heterocycles. The second kappa shape index (κ2) is 12.1. The SMILES string of the molecule is C=CC(=O)Nc1cc(Nc2cc(N3OCCC3c3ccc(Cl)cc3F)ncn2)c(OC)cc1N1CCN(C)CC1. The number of likely N-dealkylation sites (N-methyl/N-ethyl adjacent to an activating group) is 1. The van der Waals surface area contributed by atoms with E-state index in [1.807, 2.05) is 12.1 Å². The smallest absolute Gasteiger partial charge is 0.247 e. The number of benzene rings is 2. The van der Waals surface area contributed by atoms with Crippen molar-refractivity contribution >= 4 is 46.2 Å². The van der Waals surface area contributed by atoms with Crippen molar-refractivity contribution in [1.29, 1.82) is 0 Å². The van der Waals surface area contributed by atoms with Crippen molar-refractivity contribution in [2.75, 3.05) is 67.5 Å². The second-order valence-corrected chi connectivity index (χ2v) is 10.0. The van der Waals surface area contributed by atoms with Gasteiger partial charge in [-0.1, -0.05) is 24.2 Å². The molecule has 3 heterocycles. The number of nitrogens with zero attached hydrogens (tertiary/aromatic N) is 5. The highest BCUT2D eigenvalue weighted by atomic mass is 35.5. The number of carbonyl (C=O) groups is 1. The molecular weight excluding hydrogens is 537 g/mol. The number of hydroxylamine groups is 1. The maximum Gasteiger partial charge on any atom is 0.247 e. The quantitative estimate of drug-likeness (QED) is 0.373. The van der Waals surface area contributed by atoms with Gasteiger partial charge in [-0.05, 0) is 31.3 Å². The molecule has 210 valence electrons. The van der Waals surface area contributed by atoms with Gasteiger partial charge in [0.05, 0.1) is 36.8 Å². The van der Waals surface area contributed by atoms with Gasteiger partial charge in [-0.25, -0.2) is 19.4 Å². The molecular formula is C28H31ClFN7O3. The van der Waals surface area contributed by atoms with Gasteiger partial charge in [0.2, 0.25) is 5.91 Å². The Labute approximate surface area is 237 Å². The molecule has 2 aliphatic rings. The number of piperazine rings is 1. The van der Waals surface area contributed by atoms with E-state index in [-0.39, 0.29) is 11.9 Å².